The molecule has 4 amide bonds. The molecule has 12 heteroatoms. The van der Waals surface area contributed by atoms with E-state index in [1.807, 2.05) is 22.6 Å². The Morgan fingerprint density at radius 2 is 1.79 bits per heavy atom. The molecule has 0 saturated carbocycles. The lowest BCUT2D eigenvalue weighted by Gasteiger charge is -2.26. The Labute approximate surface area is 228 Å². The van der Waals surface area contributed by atoms with Gasteiger partial charge in [0.05, 0.1) is 18.4 Å². The largest absolute Gasteiger partial charge is 0.497 e. The van der Waals surface area contributed by atoms with Crippen LogP contribution in [0.1, 0.15) is 22.7 Å². The zero-order valence-corrected chi connectivity index (χ0v) is 21.8. The quantitative estimate of drug-likeness (QED) is 0.208. The molecule has 7 nitrogen and oxygen atoms in total. The molecule has 2 atom stereocenters. The van der Waals surface area contributed by atoms with Crippen molar-refractivity contribution in [2.24, 2.45) is 0 Å². The van der Waals surface area contributed by atoms with E-state index in [0.29, 0.717) is 19.8 Å². The summed E-state index contributed by atoms with van der Waals surface area (Å²) in [7, 11) is 1.46. The number of methoxy groups -OCH3 is 1. The van der Waals surface area contributed by atoms with Gasteiger partial charge in [-0.25, -0.2) is 14.1 Å². The molecule has 3 aromatic carbocycles. The first-order valence-electron chi connectivity index (χ1n) is 11.2. The zero-order chi connectivity index (χ0) is 27.6. The number of benzene rings is 3. The molecule has 4 rings (SSSR count). The monoisotopic (exact) mass is 641 g/mol. The molecule has 0 aliphatic carbocycles. The number of alkyl halides is 3. The van der Waals surface area contributed by atoms with Crippen molar-refractivity contribution in [3.8, 4) is 5.75 Å². The van der Waals surface area contributed by atoms with Crippen LogP contribution in [0.5, 0.6) is 5.75 Å². The fourth-order valence-electron chi connectivity index (χ4n) is 4.10. The Morgan fingerprint density at radius 1 is 1.11 bits per heavy atom. The van der Waals surface area contributed by atoms with Gasteiger partial charge in [0, 0.05) is 9.99 Å². The van der Waals surface area contributed by atoms with Crippen molar-refractivity contribution in [2.75, 3.05) is 12.4 Å². The lowest BCUT2D eigenvalue weighted by molar-refractivity contribution is -0.138. The highest BCUT2D eigenvalue weighted by atomic mass is 127. The van der Waals surface area contributed by atoms with Gasteiger partial charge < -0.3 is 15.4 Å². The highest BCUT2D eigenvalue weighted by Crippen LogP contribution is 2.34. The maximum atomic E-state index is 14.5. The number of anilines is 1. The Morgan fingerprint density at radius 3 is 2.42 bits per heavy atom. The van der Waals surface area contributed by atoms with E-state index in [1.165, 1.54) is 31.4 Å². The van der Waals surface area contributed by atoms with E-state index in [0.717, 1.165) is 18.2 Å². The molecule has 1 heterocycles. The van der Waals surface area contributed by atoms with E-state index in [4.69, 9.17) is 4.74 Å². The van der Waals surface area contributed by atoms with Crippen molar-refractivity contribution >= 4 is 46.1 Å². The molecular weight excluding hydrogens is 621 g/mol. The van der Waals surface area contributed by atoms with Crippen LogP contribution in [0.2, 0.25) is 0 Å². The van der Waals surface area contributed by atoms with Gasteiger partial charge in [-0.2, -0.15) is 13.2 Å². The summed E-state index contributed by atoms with van der Waals surface area (Å²) in [6, 6.07) is 10.8. The van der Waals surface area contributed by atoms with Crippen molar-refractivity contribution in [3.05, 3.63) is 92.8 Å². The van der Waals surface area contributed by atoms with Gasteiger partial charge in [0.2, 0.25) is 5.91 Å². The van der Waals surface area contributed by atoms with Crippen LogP contribution in [0, 0.1) is 9.39 Å². The van der Waals surface area contributed by atoms with Gasteiger partial charge in [-0.1, -0.05) is 30.3 Å². The summed E-state index contributed by atoms with van der Waals surface area (Å²) in [5.74, 6) is -2.15. The molecule has 3 aromatic rings. The van der Waals surface area contributed by atoms with Crippen molar-refractivity contribution in [2.45, 2.75) is 24.7 Å². The summed E-state index contributed by atoms with van der Waals surface area (Å²) in [5, 5.41) is 4.79. The smallest absolute Gasteiger partial charge is 0.416 e. The minimum atomic E-state index is -4.75. The number of nitrogens with zero attached hydrogens (tertiary/aromatic N) is 1. The SMILES string of the molecule is COc1ccc([C@H]2NC(=O)N(C(Cc3ccccc3C(F)(F)F)C(=O)Nc3ccc(I)cc3F)C2=O)cc1. The number of hydrogen-bond donors (Lipinski definition) is 2. The second-order valence-electron chi connectivity index (χ2n) is 8.35. The first-order valence-corrected chi connectivity index (χ1v) is 12.3. The number of rotatable bonds is 7. The van der Waals surface area contributed by atoms with Crippen LogP contribution in [-0.2, 0) is 22.2 Å². The predicted octanol–water partition coefficient (Wildman–Crippen LogP) is 5.30. The van der Waals surface area contributed by atoms with Gasteiger partial charge in [0.15, 0.2) is 0 Å². The van der Waals surface area contributed by atoms with Gasteiger partial charge >= 0.3 is 12.2 Å². The lowest BCUT2D eigenvalue weighted by atomic mass is 9.97. The van der Waals surface area contributed by atoms with Crippen LogP contribution in [0.3, 0.4) is 0 Å². The molecule has 0 aromatic heterocycles. The summed E-state index contributed by atoms with van der Waals surface area (Å²) >= 11 is 1.87. The number of urea groups is 1. The average molecular weight is 641 g/mol. The number of ether oxygens (including phenoxy) is 1. The number of hydrogen-bond acceptors (Lipinski definition) is 4. The summed E-state index contributed by atoms with van der Waals surface area (Å²) in [6.07, 6.45) is -5.40. The number of carbonyl (C=O) groups excluding carboxylic acids is 3. The number of halogens is 5. The van der Waals surface area contributed by atoms with Crippen molar-refractivity contribution < 1.29 is 36.7 Å². The lowest BCUT2D eigenvalue weighted by Crippen LogP contribution is -2.49. The van der Waals surface area contributed by atoms with Gasteiger partial charge in [-0.15, -0.1) is 0 Å². The molecule has 1 unspecified atom stereocenters. The average Bonchev–Trinajstić information content (AvgIpc) is 3.17. The van der Waals surface area contributed by atoms with E-state index >= 15 is 0 Å². The summed E-state index contributed by atoms with van der Waals surface area (Å²) < 4.78 is 61.2. The zero-order valence-electron chi connectivity index (χ0n) is 19.7. The number of nitrogens with one attached hydrogen (secondary N) is 2. The standard InChI is InChI=1S/C26H20F4IN3O4/c1-38-17-9-6-14(7-10-17)22-24(36)34(25(37)33-22)21(12-15-4-2-3-5-18(15)26(28,29)30)23(35)32-20-11-8-16(31)13-19(20)27/h2-11,13,21-22H,12H2,1H3,(H,32,35)(H,33,37)/t21?,22-/m1/s1. The highest BCUT2D eigenvalue weighted by Gasteiger charge is 2.46. The Bertz CT molecular complexity index is 1380. The molecule has 0 radical (unpaired) electrons. The predicted molar refractivity (Wildman–Crippen MR) is 138 cm³/mol. The molecule has 1 fully saturated rings. The van der Waals surface area contributed by atoms with Crippen LogP contribution in [0.15, 0.2) is 66.7 Å². The van der Waals surface area contributed by atoms with Gasteiger partial charge in [0.25, 0.3) is 5.91 Å². The highest BCUT2D eigenvalue weighted by molar-refractivity contribution is 14.1. The fourth-order valence-corrected chi connectivity index (χ4v) is 4.56. The third kappa shape index (κ3) is 5.74. The van der Waals surface area contributed by atoms with Gasteiger partial charge in [-0.05, 0) is 70.1 Å². The van der Waals surface area contributed by atoms with Crippen molar-refractivity contribution in [1.82, 2.24) is 10.2 Å². The summed E-state index contributed by atoms with van der Waals surface area (Å²) in [6.45, 7) is 0. The first-order chi connectivity index (χ1) is 18.0. The van der Waals surface area contributed by atoms with E-state index in [9.17, 15) is 31.9 Å². The topological polar surface area (TPSA) is 87.7 Å². The molecule has 38 heavy (non-hydrogen) atoms. The van der Waals surface area contributed by atoms with Crippen LogP contribution in [0.4, 0.5) is 28.0 Å². The number of carbonyl (C=O) groups is 3. The maximum absolute atomic E-state index is 14.5. The maximum Gasteiger partial charge on any atom is 0.416 e. The van der Waals surface area contributed by atoms with Gasteiger partial charge in [0.1, 0.15) is 23.7 Å². The molecule has 0 spiro atoms. The normalized spacial score (nSPS) is 16.3. The van der Waals surface area contributed by atoms with E-state index < -0.39 is 53.9 Å². The molecule has 198 valence electrons. The minimum Gasteiger partial charge on any atom is -0.497 e. The Hall–Kier alpha value is -3.68. The molecule has 2 N–H and O–H groups in total. The third-order valence-electron chi connectivity index (χ3n) is 5.96. The molecule has 1 saturated heterocycles. The van der Waals surface area contributed by atoms with E-state index in [-0.39, 0.29) is 11.3 Å². The van der Waals surface area contributed by atoms with Crippen LogP contribution in [-0.4, -0.2) is 35.9 Å². The number of imide groups is 1. The van der Waals surface area contributed by atoms with Crippen molar-refractivity contribution in [1.29, 1.82) is 0 Å². The molecule has 0 bridgehead atoms. The summed E-state index contributed by atoms with van der Waals surface area (Å²) in [5.41, 5.74) is -1.19. The van der Waals surface area contributed by atoms with E-state index in [1.54, 1.807) is 24.3 Å². The summed E-state index contributed by atoms with van der Waals surface area (Å²) in [4.78, 5) is 40.3. The molecule has 1 aliphatic heterocycles. The van der Waals surface area contributed by atoms with Crippen LogP contribution >= 0.6 is 22.6 Å². The molecular formula is C26H20F4IN3O4. The Kier molecular flexibility index (Phi) is 7.90. The minimum absolute atomic E-state index is 0.247. The van der Waals surface area contributed by atoms with Crippen molar-refractivity contribution in [3.63, 3.8) is 0 Å². The second kappa shape index (κ2) is 11.0. The third-order valence-corrected chi connectivity index (χ3v) is 6.63. The fraction of sp³-hybridized carbons (Fsp3) is 0.192. The number of amides is 4. The second-order valence-corrected chi connectivity index (χ2v) is 9.60. The van der Waals surface area contributed by atoms with Crippen LogP contribution < -0.4 is 15.4 Å². The van der Waals surface area contributed by atoms with E-state index in [2.05, 4.69) is 10.6 Å². The first kappa shape index (κ1) is 27.4. The molecule has 1 aliphatic rings. The van der Waals surface area contributed by atoms with Crippen LogP contribution in [0.25, 0.3) is 0 Å². The Balaban J connectivity index is 1.71. The van der Waals surface area contributed by atoms with Gasteiger partial charge in [-0.3, -0.25) is 9.59 Å².